The largest absolute Gasteiger partial charge is 0.304 e. The molecule has 0 atom stereocenters. The Labute approximate surface area is 114 Å². The minimum atomic E-state index is 0.625. The highest BCUT2D eigenvalue weighted by atomic mass is 15.1. The van der Waals surface area contributed by atoms with Crippen LogP contribution in [-0.2, 0) is 0 Å². The van der Waals surface area contributed by atoms with Gasteiger partial charge in [-0.05, 0) is 38.0 Å². The zero-order valence-corrected chi connectivity index (χ0v) is 11.5. The van der Waals surface area contributed by atoms with E-state index in [0.29, 0.717) is 5.92 Å². The van der Waals surface area contributed by atoms with Crippen molar-refractivity contribution in [1.29, 1.82) is 0 Å². The average molecular weight is 255 g/mol. The maximum absolute atomic E-state index is 4.27. The molecule has 2 heterocycles. The number of aromatic nitrogens is 2. The summed E-state index contributed by atoms with van der Waals surface area (Å²) >= 11 is 0. The molecule has 19 heavy (non-hydrogen) atoms. The second kappa shape index (κ2) is 5.57. The lowest BCUT2D eigenvalue weighted by Gasteiger charge is -2.30. The molecule has 3 heteroatoms. The highest BCUT2D eigenvalue weighted by Crippen LogP contribution is 2.33. The molecule has 1 aliphatic rings. The minimum Gasteiger partial charge on any atom is -0.304 e. The molecule has 3 rings (SSSR count). The number of nitrogens with zero attached hydrogens (tertiary/aromatic N) is 2. The van der Waals surface area contributed by atoms with Crippen molar-refractivity contribution in [3.05, 3.63) is 42.2 Å². The molecule has 0 radical (unpaired) electrons. The molecule has 0 amide bonds. The Hall–Kier alpha value is -1.61. The van der Waals surface area contributed by atoms with E-state index in [4.69, 9.17) is 0 Å². The van der Waals surface area contributed by atoms with Gasteiger partial charge in [0.2, 0.25) is 0 Å². The van der Waals surface area contributed by atoms with Crippen LogP contribution in [0.2, 0.25) is 0 Å². The molecule has 1 saturated heterocycles. The van der Waals surface area contributed by atoms with Crippen molar-refractivity contribution in [2.75, 3.05) is 19.6 Å². The smallest absolute Gasteiger partial charge is 0.0568 e. The molecule has 3 nitrogen and oxygen atoms in total. The standard InChI is InChI=1S/C16H21N3/c1-2-19-10-8-14(9-11-19)16-15(12-17-18-16)13-6-4-3-5-7-13/h3-7,12,14H,2,8-11H2,1H3,(H,17,18). The summed E-state index contributed by atoms with van der Waals surface area (Å²) < 4.78 is 0. The van der Waals surface area contributed by atoms with Gasteiger partial charge in [-0.3, -0.25) is 5.10 Å². The Balaban J connectivity index is 1.81. The van der Waals surface area contributed by atoms with Gasteiger partial charge in [-0.15, -0.1) is 0 Å². The molecule has 0 bridgehead atoms. The van der Waals surface area contributed by atoms with E-state index in [1.165, 1.54) is 49.3 Å². The van der Waals surface area contributed by atoms with Gasteiger partial charge in [0.15, 0.2) is 0 Å². The van der Waals surface area contributed by atoms with Gasteiger partial charge in [0.05, 0.1) is 6.20 Å². The van der Waals surface area contributed by atoms with Gasteiger partial charge >= 0.3 is 0 Å². The highest BCUT2D eigenvalue weighted by molar-refractivity contribution is 5.65. The van der Waals surface area contributed by atoms with E-state index in [0.717, 1.165) is 0 Å². The van der Waals surface area contributed by atoms with Gasteiger partial charge in [0.25, 0.3) is 0 Å². The topological polar surface area (TPSA) is 31.9 Å². The van der Waals surface area contributed by atoms with Crippen molar-refractivity contribution in [1.82, 2.24) is 15.1 Å². The van der Waals surface area contributed by atoms with Crippen LogP contribution < -0.4 is 0 Å². The molecular weight excluding hydrogens is 234 g/mol. The van der Waals surface area contributed by atoms with Crippen LogP contribution in [0.1, 0.15) is 31.4 Å². The Morgan fingerprint density at radius 3 is 2.63 bits per heavy atom. The maximum atomic E-state index is 4.27. The van der Waals surface area contributed by atoms with Crippen LogP contribution in [0.4, 0.5) is 0 Å². The van der Waals surface area contributed by atoms with Crippen LogP contribution in [0.15, 0.2) is 36.5 Å². The second-order valence-corrected chi connectivity index (χ2v) is 5.27. The predicted octanol–water partition coefficient (Wildman–Crippen LogP) is 3.28. The van der Waals surface area contributed by atoms with Crippen LogP contribution in [0.5, 0.6) is 0 Å². The van der Waals surface area contributed by atoms with Gasteiger partial charge in [-0.1, -0.05) is 37.3 Å². The van der Waals surface area contributed by atoms with Crippen molar-refractivity contribution >= 4 is 0 Å². The molecule has 1 aliphatic heterocycles. The fraction of sp³-hybridized carbons (Fsp3) is 0.438. The summed E-state index contributed by atoms with van der Waals surface area (Å²) in [6.45, 7) is 5.82. The fourth-order valence-corrected chi connectivity index (χ4v) is 2.99. The van der Waals surface area contributed by atoms with E-state index in [2.05, 4.69) is 52.4 Å². The zero-order valence-electron chi connectivity index (χ0n) is 11.5. The van der Waals surface area contributed by atoms with Crippen molar-refractivity contribution < 1.29 is 0 Å². The average Bonchev–Trinajstić information content (AvgIpc) is 2.98. The summed E-state index contributed by atoms with van der Waals surface area (Å²) in [6, 6.07) is 10.6. The number of nitrogens with one attached hydrogen (secondary N) is 1. The lowest BCUT2D eigenvalue weighted by molar-refractivity contribution is 0.221. The molecule has 1 aromatic carbocycles. The number of hydrogen-bond donors (Lipinski definition) is 1. The van der Waals surface area contributed by atoms with Crippen LogP contribution in [0.3, 0.4) is 0 Å². The fourth-order valence-electron chi connectivity index (χ4n) is 2.99. The summed E-state index contributed by atoms with van der Waals surface area (Å²) in [5.41, 5.74) is 3.86. The molecule has 0 spiro atoms. The van der Waals surface area contributed by atoms with Gasteiger partial charge in [-0.2, -0.15) is 5.10 Å². The van der Waals surface area contributed by atoms with E-state index >= 15 is 0 Å². The highest BCUT2D eigenvalue weighted by Gasteiger charge is 2.23. The summed E-state index contributed by atoms with van der Waals surface area (Å²) in [6.07, 6.45) is 4.43. The van der Waals surface area contributed by atoms with Crippen molar-refractivity contribution in [3.63, 3.8) is 0 Å². The summed E-state index contributed by atoms with van der Waals surface area (Å²) in [4.78, 5) is 2.52. The first-order valence-electron chi connectivity index (χ1n) is 7.19. The van der Waals surface area contributed by atoms with Crippen LogP contribution >= 0.6 is 0 Å². The van der Waals surface area contributed by atoms with E-state index < -0.39 is 0 Å². The number of H-pyrrole nitrogens is 1. The first-order chi connectivity index (χ1) is 9.38. The molecule has 0 aliphatic carbocycles. The van der Waals surface area contributed by atoms with Crippen molar-refractivity contribution in [3.8, 4) is 11.1 Å². The molecule has 2 aromatic rings. The number of benzene rings is 1. The van der Waals surface area contributed by atoms with E-state index in [1.54, 1.807) is 0 Å². The van der Waals surface area contributed by atoms with Crippen molar-refractivity contribution in [2.24, 2.45) is 0 Å². The zero-order chi connectivity index (χ0) is 13.1. The predicted molar refractivity (Wildman–Crippen MR) is 78.1 cm³/mol. The normalized spacial score (nSPS) is 17.7. The van der Waals surface area contributed by atoms with Gasteiger partial charge in [0, 0.05) is 17.2 Å². The van der Waals surface area contributed by atoms with Crippen molar-refractivity contribution in [2.45, 2.75) is 25.7 Å². The number of aromatic amines is 1. The molecule has 0 saturated carbocycles. The molecule has 100 valence electrons. The number of likely N-dealkylation sites (tertiary alicyclic amines) is 1. The number of rotatable bonds is 3. The summed E-state index contributed by atoms with van der Waals surface area (Å²) in [7, 11) is 0. The second-order valence-electron chi connectivity index (χ2n) is 5.27. The maximum Gasteiger partial charge on any atom is 0.0568 e. The Kier molecular flexibility index (Phi) is 3.65. The number of piperidine rings is 1. The van der Waals surface area contributed by atoms with Gasteiger partial charge in [0.1, 0.15) is 0 Å². The van der Waals surface area contributed by atoms with E-state index in [1.807, 2.05) is 6.20 Å². The Morgan fingerprint density at radius 2 is 1.95 bits per heavy atom. The summed E-state index contributed by atoms with van der Waals surface area (Å²) in [5.74, 6) is 0.625. The molecule has 1 N–H and O–H groups in total. The number of hydrogen-bond acceptors (Lipinski definition) is 2. The van der Waals surface area contributed by atoms with E-state index in [9.17, 15) is 0 Å². The van der Waals surface area contributed by atoms with Gasteiger partial charge < -0.3 is 4.90 Å². The first kappa shape index (κ1) is 12.4. The molecule has 1 fully saturated rings. The SMILES string of the molecule is CCN1CCC(c2[nH]ncc2-c2ccccc2)CC1. The third-order valence-corrected chi connectivity index (χ3v) is 4.20. The first-order valence-corrected chi connectivity index (χ1v) is 7.19. The van der Waals surface area contributed by atoms with Crippen LogP contribution in [-0.4, -0.2) is 34.7 Å². The third-order valence-electron chi connectivity index (χ3n) is 4.20. The Bertz CT molecular complexity index is 510. The van der Waals surface area contributed by atoms with Gasteiger partial charge in [-0.25, -0.2) is 0 Å². The molecule has 1 aromatic heterocycles. The lowest BCUT2D eigenvalue weighted by atomic mass is 9.89. The monoisotopic (exact) mass is 255 g/mol. The minimum absolute atomic E-state index is 0.625. The summed E-state index contributed by atoms with van der Waals surface area (Å²) in [5, 5.41) is 7.51. The van der Waals surface area contributed by atoms with Crippen LogP contribution in [0.25, 0.3) is 11.1 Å². The lowest BCUT2D eigenvalue weighted by Crippen LogP contribution is -2.32. The van der Waals surface area contributed by atoms with E-state index in [-0.39, 0.29) is 0 Å². The Morgan fingerprint density at radius 1 is 1.21 bits per heavy atom. The third kappa shape index (κ3) is 2.56. The molecular formula is C16H21N3. The quantitative estimate of drug-likeness (QED) is 0.912. The molecule has 0 unspecified atom stereocenters. The van der Waals surface area contributed by atoms with Crippen LogP contribution in [0, 0.1) is 0 Å².